The maximum Gasteiger partial charge on any atom is 0.378 e. The van der Waals surface area contributed by atoms with Crippen LogP contribution in [0, 0.1) is 13.8 Å². The highest BCUT2D eigenvalue weighted by Crippen LogP contribution is 2.31. The fraction of sp³-hybridized carbons (Fsp3) is 0.188. The Hall–Kier alpha value is -5.18. The van der Waals surface area contributed by atoms with Crippen LogP contribution in [0.3, 0.4) is 0 Å². The number of para-hydroxylation sites is 3. The topological polar surface area (TPSA) is 97.5 Å². The summed E-state index contributed by atoms with van der Waals surface area (Å²) in [5, 5.41) is 4.41. The van der Waals surface area contributed by atoms with E-state index in [0.29, 0.717) is 30.3 Å². The van der Waals surface area contributed by atoms with E-state index >= 15 is 0 Å². The lowest BCUT2D eigenvalue weighted by Crippen LogP contribution is -2.33. The highest BCUT2D eigenvalue weighted by atomic mass is 16.6. The Kier molecular flexibility index (Phi) is 7.08. The Bertz CT molecular complexity index is 1650. The monoisotopic (exact) mass is 548 g/mol. The van der Waals surface area contributed by atoms with Gasteiger partial charge in [0.15, 0.2) is 30.0 Å². The highest BCUT2D eigenvalue weighted by Gasteiger charge is 2.25. The second-order valence-corrected chi connectivity index (χ2v) is 9.76. The molecule has 9 heteroatoms. The quantitative estimate of drug-likeness (QED) is 0.193. The average molecular weight is 549 g/mol. The molecule has 1 aliphatic heterocycles. The van der Waals surface area contributed by atoms with Gasteiger partial charge in [0.05, 0.1) is 12.2 Å². The zero-order chi connectivity index (χ0) is 28.3. The van der Waals surface area contributed by atoms with E-state index in [2.05, 4.69) is 10.1 Å². The van der Waals surface area contributed by atoms with Gasteiger partial charge in [-0.1, -0.05) is 60.7 Å². The molecule has 0 bridgehead atoms. The molecule has 9 nitrogen and oxygen atoms in total. The first-order valence-corrected chi connectivity index (χ1v) is 13.3. The average Bonchev–Trinajstić information content (AvgIpc) is 3.58. The molecule has 206 valence electrons. The van der Waals surface area contributed by atoms with E-state index in [1.807, 2.05) is 103 Å². The Morgan fingerprint density at radius 1 is 0.927 bits per heavy atom. The van der Waals surface area contributed by atoms with Crippen molar-refractivity contribution >= 4 is 11.8 Å². The van der Waals surface area contributed by atoms with Crippen LogP contribution in [0.25, 0.3) is 17.1 Å². The van der Waals surface area contributed by atoms with Crippen LogP contribution in [0.2, 0.25) is 0 Å². The summed E-state index contributed by atoms with van der Waals surface area (Å²) in [4.78, 5) is 30.6. The number of rotatable bonds is 8. The first-order valence-electron chi connectivity index (χ1n) is 13.3. The standard InChI is InChI=1S/C32H28N4O5/c1-21-17-26(22(2)35(21)18-25-19-39-28-15-9-10-16-29(28)41-25)27(37)20-40-32(38)30-33-31(23-11-5-3-6-12-23)36(34-30)24-13-7-4-8-14-24/h3-17,25H,18-20H2,1-2H3/t25-/m1/s1. The van der Waals surface area contributed by atoms with Gasteiger partial charge in [-0.05, 0) is 44.2 Å². The summed E-state index contributed by atoms with van der Waals surface area (Å²) in [6, 6.07) is 28.2. The lowest BCUT2D eigenvalue weighted by Gasteiger charge is -2.27. The number of aryl methyl sites for hydroxylation is 1. The number of carbonyl (C=O) groups excluding carboxylic acids is 2. The summed E-state index contributed by atoms with van der Waals surface area (Å²) < 4.78 is 21.0. The number of aromatic nitrogens is 4. The van der Waals surface area contributed by atoms with Gasteiger partial charge in [-0.2, -0.15) is 0 Å². The van der Waals surface area contributed by atoms with Gasteiger partial charge in [0.1, 0.15) is 6.61 Å². The molecule has 5 aromatic rings. The van der Waals surface area contributed by atoms with Crippen molar-refractivity contribution in [3.8, 4) is 28.6 Å². The molecule has 0 aliphatic carbocycles. The summed E-state index contributed by atoms with van der Waals surface area (Å²) in [5.74, 6) is 0.713. The van der Waals surface area contributed by atoms with E-state index in [9.17, 15) is 9.59 Å². The summed E-state index contributed by atoms with van der Waals surface area (Å²) in [6.07, 6.45) is -0.208. The van der Waals surface area contributed by atoms with Gasteiger partial charge in [0.2, 0.25) is 5.78 Å². The number of Topliss-reactive ketones (excluding diaryl/α,β-unsaturated/α-hetero) is 1. The molecule has 0 saturated carbocycles. The maximum atomic E-state index is 13.1. The van der Waals surface area contributed by atoms with Crippen LogP contribution in [-0.2, 0) is 11.3 Å². The third kappa shape index (κ3) is 5.34. The molecule has 0 N–H and O–H groups in total. The molecule has 6 rings (SSSR count). The molecular weight excluding hydrogens is 520 g/mol. The Balaban J connectivity index is 1.16. The summed E-state index contributed by atoms with van der Waals surface area (Å²) >= 11 is 0. The molecule has 0 saturated heterocycles. The van der Waals surface area contributed by atoms with Crippen LogP contribution >= 0.6 is 0 Å². The van der Waals surface area contributed by atoms with Gasteiger partial charge < -0.3 is 18.8 Å². The maximum absolute atomic E-state index is 13.1. The van der Waals surface area contributed by atoms with Crippen LogP contribution < -0.4 is 9.47 Å². The lowest BCUT2D eigenvalue weighted by atomic mass is 10.1. The number of hydrogen-bond donors (Lipinski definition) is 0. The van der Waals surface area contributed by atoms with Gasteiger partial charge in [0.25, 0.3) is 5.82 Å². The number of esters is 1. The fourth-order valence-corrected chi connectivity index (χ4v) is 4.92. The third-order valence-electron chi connectivity index (χ3n) is 6.98. The SMILES string of the molecule is Cc1cc(C(=O)COC(=O)c2nc(-c3ccccc3)n(-c3ccccc3)n2)c(C)n1C[C@@H]1COc2ccccc2O1. The van der Waals surface area contributed by atoms with Gasteiger partial charge >= 0.3 is 5.97 Å². The minimum atomic E-state index is -0.773. The molecule has 3 aromatic carbocycles. The van der Waals surface area contributed by atoms with Crippen LogP contribution in [0.1, 0.15) is 32.4 Å². The first kappa shape index (κ1) is 26.1. The van der Waals surface area contributed by atoms with Crippen molar-refractivity contribution in [3.05, 3.63) is 114 Å². The predicted molar refractivity (Wildman–Crippen MR) is 152 cm³/mol. The van der Waals surface area contributed by atoms with Gasteiger partial charge in [-0.25, -0.2) is 14.5 Å². The van der Waals surface area contributed by atoms with E-state index in [4.69, 9.17) is 14.2 Å². The van der Waals surface area contributed by atoms with Crippen LogP contribution in [0.4, 0.5) is 0 Å². The molecule has 1 aliphatic rings. The molecule has 41 heavy (non-hydrogen) atoms. The number of carbonyl (C=O) groups is 2. The minimum absolute atomic E-state index is 0.124. The van der Waals surface area contributed by atoms with E-state index in [-0.39, 0.29) is 17.7 Å². The number of nitrogens with zero attached hydrogens (tertiary/aromatic N) is 4. The Morgan fingerprint density at radius 3 is 2.37 bits per heavy atom. The van der Waals surface area contributed by atoms with Gasteiger partial charge in [-0.15, -0.1) is 5.10 Å². The smallest absolute Gasteiger partial charge is 0.378 e. The molecule has 3 heterocycles. The number of fused-ring (bicyclic) bond motifs is 1. The van der Waals surface area contributed by atoms with E-state index < -0.39 is 12.6 Å². The summed E-state index contributed by atoms with van der Waals surface area (Å²) in [6.45, 7) is 4.29. The number of ketones is 1. The molecule has 0 amide bonds. The van der Waals surface area contributed by atoms with Crippen LogP contribution in [0.15, 0.2) is 91.0 Å². The zero-order valence-electron chi connectivity index (χ0n) is 22.7. The largest absolute Gasteiger partial charge is 0.486 e. The van der Waals surface area contributed by atoms with Crippen LogP contribution in [0.5, 0.6) is 11.5 Å². The van der Waals surface area contributed by atoms with Crippen molar-refractivity contribution in [2.24, 2.45) is 0 Å². The number of benzene rings is 3. The van der Waals surface area contributed by atoms with Crippen molar-refractivity contribution in [2.45, 2.75) is 26.5 Å². The third-order valence-corrected chi connectivity index (χ3v) is 6.98. The van der Waals surface area contributed by atoms with Gasteiger partial charge in [-0.3, -0.25) is 4.79 Å². The van der Waals surface area contributed by atoms with Crippen LogP contribution in [-0.4, -0.2) is 50.4 Å². The second kappa shape index (κ2) is 11.1. The van der Waals surface area contributed by atoms with E-state index in [1.165, 1.54) is 0 Å². The zero-order valence-corrected chi connectivity index (χ0v) is 22.7. The summed E-state index contributed by atoms with van der Waals surface area (Å²) in [5.41, 5.74) is 3.69. The molecule has 2 aromatic heterocycles. The molecule has 0 radical (unpaired) electrons. The molecule has 0 fully saturated rings. The summed E-state index contributed by atoms with van der Waals surface area (Å²) in [7, 11) is 0. The molecule has 1 atom stereocenters. The second-order valence-electron chi connectivity index (χ2n) is 9.76. The first-order chi connectivity index (χ1) is 20.0. The van der Waals surface area contributed by atoms with Crippen molar-refractivity contribution < 1.29 is 23.8 Å². The lowest BCUT2D eigenvalue weighted by molar-refractivity contribution is 0.0462. The van der Waals surface area contributed by atoms with Crippen molar-refractivity contribution in [1.82, 2.24) is 19.3 Å². The predicted octanol–water partition coefficient (Wildman–Crippen LogP) is 5.23. The number of hydrogen-bond acceptors (Lipinski definition) is 7. The van der Waals surface area contributed by atoms with Crippen molar-refractivity contribution in [1.29, 1.82) is 0 Å². The van der Waals surface area contributed by atoms with E-state index in [1.54, 1.807) is 10.7 Å². The molecular formula is C32H28N4O5. The molecule has 0 unspecified atom stereocenters. The van der Waals surface area contributed by atoms with E-state index in [0.717, 1.165) is 28.4 Å². The fourth-order valence-electron chi connectivity index (χ4n) is 4.92. The van der Waals surface area contributed by atoms with Gasteiger partial charge in [0, 0.05) is 22.5 Å². The number of ether oxygens (including phenoxy) is 3. The normalized spacial score (nSPS) is 14.0. The van der Waals surface area contributed by atoms with Crippen molar-refractivity contribution in [3.63, 3.8) is 0 Å². The highest BCUT2D eigenvalue weighted by molar-refractivity contribution is 6.00. The minimum Gasteiger partial charge on any atom is -0.486 e. The van der Waals surface area contributed by atoms with Crippen molar-refractivity contribution in [2.75, 3.05) is 13.2 Å². The molecule has 0 spiro atoms. The Morgan fingerprint density at radius 2 is 1.61 bits per heavy atom. The Labute approximate surface area is 236 Å².